The van der Waals surface area contributed by atoms with Gasteiger partial charge in [0.1, 0.15) is 5.75 Å². The molecule has 0 saturated heterocycles. The van der Waals surface area contributed by atoms with Crippen molar-refractivity contribution in [3.8, 4) is 5.75 Å². The van der Waals surface area contributed by atoms with Gasteiger partial charge in [0.25, 0.3) is 5.56 Å². The molecule has 1 unspecified atom stereocenters. The Balaban J connectivity index is 2.64. The van der Waals surface area contributed by atoms with Crippen LogP contribution in [-0.2, 0) is 4.79 Å². The van der Waals surface area contributed by atoms with Gasteiger partial charge in [-0.1, -0.05) is 0 Å². The zero-order chi connectivity index (χ0) is 16.4. The molecule has 0 aliphatic heterocycles. The van der Waals surface area contributed by atoms with Crippen molar-refractivity contribution in [3.05, 3.63) is 45.6 Å². The Bertz CT molecular complexity index is 745. The number of aliphatic carboxylic acids is 1. The number of pyridine rings is 1. The van der Waals surface area contributed by atoms with Crippen LogP contribution in [0, 0.1) is 6.92 Å². The first-order valence-corrected chi connectivity index (χ1v) is 6.99. The summed E-state index contributed by atoms with van der Waals surface area (Å²) in [6, 6.07) is 3.10. The number of aromatic amines is 1. The minimum atomic E-state index is -1.05. The summed E-state index contributed by atoms with van der Waals surface area (Å²) in [7, 11) is 0. The van der Waals surface area contributed by atoms with E-state index in [-0.39, 0.29) is 23.8 Å². The number of carboxylic acids is 1. The molecule has 0 amide bonds. The van der Waals surface area contributed by atoms with Crippen LogP contribution in [-0.4, -0.2) is 30.9 Å². The highest BCUT2D eigenvalue weighted by Crippen LogP contribution is 2.32. The zero-order valence-electron chi connectivity index (χ0n) is 12.7. The molecule has 3 N–H and O–H groups in total. The molecule has 2 heterocycles. The summed E-state index contributed by atoms with van der Waals surface area (Å²) in [5.41, 5.74) is 0.662. The maximum absolute atomic E-state index is 12.2. The number of hydrogen-bond acceptors (Lipinski definition) is 4. The Hall–Kier alpha value is -2.57. The molecule has 2 aromatic rings. The van der Waals surface area contributed by atoms with Crippen molar-refractivity contribution in [2.24, 2.45) is 0 Å². The second kappa shape index (κ2) is 6.05. The van der Waals surface area contributed by atoms with Gasteiger partial charge in [0.15, 0.2) is 0 Å². The number of nitrogens with one attached hydrogen (secondary N) is 1. The van der Waals surface area contributed by atoms with Gasteiger partial charge in [0.2, 0.25) is 0 Å². The summed E-state index contributed by atoms with van der Waals surface area (Å²) in [6.07, 6.45) is 1.25. The van der Waals surface area contributed by atoms with Crippen molar-refractivity contribution in [3.63, 3.8) is 0 Å². The normalized spacial score (nSPS) is 12.5. The van der Waals surface area contributed by atoms with Crippen molar-refractivity contribution in [2.45, 2.75) is 39.2 Å². The topological polar surface area (TPSA) is 108 Å². The molecule has 0 spiro atoms. The summed E-state index contributed by atoms with van der Waals surface area (Å²) in [4.78, 5) is 26.1. The Labute approximate surface area is 127 Å². The van der Waals surface area contributed by atoms with E-state index in [1.165, 1.54) is 6.07 Å². The first kappa shape index (κ1) is 15.8. The lowest BCUT2D eigenvalue weighted by atomic mass is 9.92. The standard InChI is InChI=1S/C15H19N3O4/c1-8(2)18-11(4-5-16-18)10(7-13(20)21)14-12(19)6-9(3)17-15(14)22/h4-6,8,10H,7H2,1-3H3,(H,20,21)(H2,17,19,22). The van der Waals surface area contributed by atoms with E-state index < -0.39 is 17.4 Å². The number of aryl methyl sites for hydroxylation is 1. The lowest BCUT2D eigenvalue weighted by Gasteiger charge is -2.19. The Morgan fingerprint density at radius 2 is 2.14 bits per heavy atom. The zero-order valence-corrected chi connectivity index (χ0v) is 12.7. The van der Waals surface area contributed by atoms with E-state index in [1.54, 1.807) is 23.9 Å². The third-order valence-corrected chi connectivity index (χ3v) is 3.46. The Morgan fingerprint density at radius 3 is 2.68 bits per heavy atom. The van der Waals surface area contributed by atoms with Gasteiger partial charge in [0.05, 0.1) is 12.0 Å². The number of nitrogens with zero attached hydrogens (tertiary/aromatic N) is 2. The van der Waals surface area contributed by atoms with Crippen LogP contribution in [0.1, 0.15) is 49.2 Å². The van der Waals surface area contributed by atoms with E-state index in [4.69, 9.17) is 0 Å². The summed E-state index contributed by atoms with van der Waals surface area (Å²) in [6.45, 7) is 5.47. The number of aromatic hydroxyl groups is 1. The third-order valence-electron chi connectivity index (χ3n) is 3.46. The first-order chi connectivity index (χ1) is 10.3. The smallest absolute Gasteiger partial charge is 0.304 e. The number of rotatable bonds is 5. The Kier molecular flexibility index (Phi) is 4.35. The molecule has 1 atom stereocenters. The lowest BCUT2D eigenvalue weighted by Crippen LogP contribution is -2.23. The lowest BCUT2D eigenvalue weighted by molar-refractivity contribution is -0.137. The molecular weight excluding hydrogens is 286 g/mol. The summed E-state index contributed by atoms with van der Waals surface area (Å²) in [5, 5.41) is 23.5. The molecule has 0 radical (unpaired) electrons. The van der Waals surface area contributed by atoms with Gasteiger partial charge in [0, 0.05) is 29.5 Å². The molecule has 0 aliphatic carbocycles. The largest absolute Gasteiger partial charge is 0.507 e. The van der Waals surface area contributed by atoms with Crippen LogP contribution < -0.4 is 5.56 Å². The van der Waals surface area contributed by atoms with Gasteiger partial charge < -0.3 is 15.2 Å². The molecule has 118 valence electrons. The van der Waals surface area contributed by atoms with E-state index >= 15 is 0 Å². The van der Waals surface area contributed by atoms with Gasteiger partial charge in [-0.15, -0.1) is 0 Å². The van der Waals surface area contributed by atoms with Crippen molar-refractivity contribution in [1.29, 1.82) is 0 Å². The second-order valence-electron chi connectivity index (χ2n) is 5.53. The van der Waals surface area contributed by atoms with Gasteiger partial charge in [-0.25, -0.2) is 0 Å². The van der Waals surface area contributed by atoms with Crippen molar-refractivity contribution in [2.75, 3.05) is 0 Å². The van der Waals surface area contributed by atoms with Crippen LogP contribution in [0.15, 0.2) is 23.1 Å². The molecule has 22 heavy (non-hydrogen) atoms. The molecule has 7 heteroatoms. The molecular formula is C15H19N3O4. The molecule has 0 bridgehead atoms. The third kappa shape index (κ3) is 3.03. The number of carbonyl (C=O) groups is 1. The van der Waals surface area contributed by atoms with Crippen LogP contribution in [0.25, 0.3) is 0 Å². The summed E-state index contributed by atoms with van der Waals surface area (Å²) < 4.78 is 1.66. The van der Waals surface area contributed by atoms with E-state index in [2.05, 4.69) is 10.1 Å². The molecule has 0 saturated carbocycles. The average Bonchev–Trinajstić information content (AvgIpc) is 2.84. The van der Waals surface area contributed by atoms with Gasteiger partial charge in [-0.3, -0.25) is 14.3 Å². The molecule has 2 aromatic heterocycles. The predicted octanol–water partition coefficient (Wildman–Crippen LogP) is 1.77. The quantitative estimate of drug-likeness (QED) is 0.780. The van der Waals surface area contributed by atoms with E-state index in [1.807, 2.05) is 13.8 Å². The summed E-state index contributed by atoms with van der Waals surface area (Å²) in [5.74, 6) is -2.03. The number of aromatic nitrogens is 3. The molecule has 0 fully saturated rings. The fourth-order valence-corrected chi connectivity index (χ4v) is 2.58. The van der Waals surface area contributed by atoms with Gasteiger partial charge in [-0.2, -0.15) is 5.10 Å². The van der Waals surface area contributed by atoms with E-state index in [0.29, 0.717) is 11.4 Å². The maximum atomic E-state index is 12.2. The molecule has 0 aromatic carbocycles. The average molecular weight is 305 g/mol. The molecule has 2 rings (SSSR count). The highest BCUT2D eigenvalue weighted by Gasteiger charge is 2.27. The van der Waals surface area contributed by atoms with Crippen LogP contribution in [0.4, 0.5) is 0 Å². The Morgan fingerprint density at radius 1 is 1.45 bits per heavy atom. The highest BCUT2D eigenvalue weighted by atomic mass is 16.4. The molecule has 0 aliphatic rings. The molecule has 7 nitrogen and oxygen atoms in total. The fraction of sp³-hybridized carbons (Fsp3) is 0.400. The number of carboxylic acid groups (broad SMARTS) is 1. The van der Waals surface area contributed by atoms with Gasteiger partial charge in [-0.05, 0) is 32.9 Å². The van der Waals surface area contributed by atoms with Crippen LogP contribution in [0.3, 0.4) is 0 Å². The van der Waals surface area contributed by atoms with E-state index in [9.17, 15) is 19.8 Å². The first-order valence-electron chi connectivity index (χ1n) is 6.99. The SMILES string of the molecule is Cc1cc(O)c(C(CC(=O)O)c2ccnn2C(C)C)c(=O)[nH]1. The summed E-state index contributed by atoms with van der Waals surface area (Å²) >= 11 is 0. The minimum Gasteiger partial charge on any atom is -0.507 e. The van der Waals surface area contributed by atoms with Gasteiger partial charge >= 0.3 is 5.97 Å². The van der Waals surface area contributed by atoms with Crippen LogP contribution in [0.5, 0.6) is 5.75 Å². The van der Waals surface area contributed by atoms with Crippen molar-refractivity contribution in [1.82, 2.24) is 14.8 Å². The van der Waals surface area contributed by atoms with Crippen molar-refractivity contribution < 1.29 is 15.0 Å². The number of hydrogen-bond donors (Lipinski definition) is 3. The van der Waals surface area contributed by atoms with Crippen LogP contribution >= 0.6 is 0 Å². The fourth-order valence-electron chi connectivity index (χ4n) is 2.58. The second-order valence-corrected chi connectivity index (χ2v) is 5.53. The highest BCUT2D eigenvalue weighted by molar-refractivity contribution is 5.69. The maximum Gasteiger partial charge on any atom is 0.304 e. The van der Waals surface area contributed by atoms with E-state index in [0.717, 1.165) is 0 Å². The predicted molar refractivity (Wildman–Crippen MR) is 80.2 cm³/mol. The van der Waals surface area contributed by atoms with Crippen molar-refractivity contribution >= 4 is 5.97 Å². The minimum absolute atomic E-state index is 0.00738. The number of H-pyrrole nitrogens is 1. The monoisotopic (exact) mass is 305 g/mol. The van der Waals surface area contributed by atoms with Crippen LogP contribution in [0.2, 0.25) is 0 Å².